The number of carbonyl (C=O) groups excluding carboxylic acids is 1. The molecule has 4 fully saturated rings. The summed E-state index contributed by atoms with van der Waals surface area (Å²) in [5.41, 5.74) is 0. The Bertz CT molecular complexity index is 410. The molecule has 3 nitrogen and oxygen atoms in total. The van der Waals surface area contributed by atoms with E-state index in [1.54, 1.807) is 0 Å². The van der Waals surface area contributed by atoms with E-state index >= 15 is 0 Å². The second-order valence-corrected chi connectivity index (χ2v) is 8.50. The highest BCUT2D eigenvalue weighted by atomic mass is 16.3. The minimum Gasteiger partial charge on any atom is -0.392 e. The lowest BCUT2D eigenvalue weighted by Gasteiger charge is -2.47. The van der Waals surface area contributed by atoms with Gasteiger partial charge in [-0.3, -0.25) is 4.79 Å². The third-order valence-electron chi connectivity index (χ3n) is 7.23. The molecule has 4 rings (SSSR count). The van der Waals surface area contributed by atoms with Crippen molar-refractivity contribution in [1.29, 1.82) is 0 Å². The SMILES string of the molecule is O=C([C@@H]1CC[C@@H]2CCCC[C@H]2C1)N1C[C@H]2CCC[C@@H](C1)C2O. The molecule has 124 valence electrons. The van der Waals surface area contributed by atoms with Crippen LogP contribution < -0.4 is 0 Å². The molecule has 1 heterocycles. The van der Waals surface area contributed by atoms with Crippen LogP contribution in [0, 0.1) is 29.6 Å². The highest BCUT2D eigenvalue weighted by molar-refractivity contribution is 5.79. The van der Waals surface area contributed by atoms with Crippen molar-refractivity contribution in [2.24, 2.45) is 29.6 Å². The average molecular weight is 305 g/mol. The lowest BCUT2D eigenvalue weighted by molar-refractivity contribution is -0.146. The lowest BCUT2D eigenvalue weighted by atomic mass is 9.67. The van der Waals surface area contributed by atoms with Crippen LogP contribution in [0.3, 0.4) is 0 Å². The van der Waals surface area contributed by atoms with Gasteiger partial charge in [-0.05, 0) is 43.9 Å². The van der Waals surface area contributed by atoms with Crippen LogP contribution in [0.1, 0.15) is 64.2 Å². The van der Waals surface area contributed by atoms with Crippen molar-refractivity contribution in [1.82, 2.24) is 4.90 Å². The summed E-state index contributed by atoms with van der Waals surface area (Å²) in [5, 5.41) is 10.3. The van der Waals surface area contributed by atoms with Crippen LogP contribution in [0.4, 0.5) is 0 Å². The number of piperidine rings is 1. The van der Waals surface area contributed by atoms with Gasteiger partial charge in [0.05, 0.1) is 6.10 Å². The van der Waals surface area contributed by atoms with Crippen LogP contribution in [0.15, 0.2) is 0 Å². The minimum atomic E-state index is -0.146. The highest BCUT2D eigenvalue weighted by Crippen LogP contribution is 2.44. The molecule has 1 amide bonds. The standard InChI is InChI=1S/C19H31NO2/c21-18-16-6-3-7-17(18)12-20(11-16)19(22)15-9-8-13-4-1-2-5-14(13)10-15/h13-18,21H,1-12H2/t13-,14-,15+,16-,17+,18?/m0/s1. The molecule has 0 aromatic heterocycles. The molecule has 3 saturated carbocycles. The average Bonchev–Trinajstić information content (AvgIpc) is 2.53. The molecule has 1 unspecified atom stereocenters. The fourth-order valence-corrected chi connectivity index (χ4v) is 5.94. The van der Waals surface area contributed by atoms with Crippen LogP contribution in [-0.4, -0.2) is 35.1 Å². The zero-order valence-corrected chi connectivity index (χ0v) is 13.8. The minimum absolute atomic E-state index is 0.146. The second kappa shape index (κ2) is 6.14. The van der Waals surface area contributed by atoms with Gasteiger partial charge in [-0.1, -0.05) is 32.1 Å². The normalized spacial score (nSPS) is 45.2. The Balaban J connectivity index is 1.39. The van der Waals surface area contributed by atoms with E-state index in [1.807, 2.05) is 0 Å². The molecule has 0 spiro atoms. The maximum absolute atomic E-state index is 13.0. The van der Waals surface area contributed by atoms with Crippen molar-refractivity contribution < 1.29 is 9.90 Å². The van der Waals surface area contributed by atoms with Gasteiger partial charge in [-0.15, -0.1) is 0 Å². The number of hydrogen-bond acceptors (Lipinski definition) is 2. The lowest BCUT2D eigenvalue weighted by Crippen LogP contribution is -2.54. The van der Waals surface area contributed by atoms with E-state index < -0.39 is 0 Å². The Hall–Kier alpha value is -0.570. The van der Waals surface area contributed by atoms with Crippen LogP contribution in [0.5, 0.6) is 0 Å². The predicted molar refractivity (Wildman–Crippen MR) is 86.2 cm³/mol. The fraction of sp³-hybridized carbons (Fsp3) is 0.947. The number of nitrogens with zero attached hydrogens (tertiary/aromatic N) is 1. The second-order valence-electron chi connectivity index (χ2n) is 8.50. The van der Waals surface area contributed by atoms with Crippen LogP contribution in [0.2, 0.25) is 0 Å². The first-order valence-electron chi connectivity index (χ1n) is 9.69. The van der Waals surface area contributed by atoms with Gasteiger partial charge in [-0.2, -0.15) is 0 Å². The topological polar surface area (TPSA) is 40.5 Å². The van der Waals surface area contributed by atoms with Crippen molar-refractivity contribution in [3.8, 4) is 0 Å². The molecule has 0 aromatic rings. The third-order valence-corrected chi connectivity index (χ3v) is 7.23. The number of carbonyl (C=O) groups is 1. The van der Waals surface area contributed by atoms with Crippen molar-refractivity contribution in [3.63, 3.8) is 0 Å². The summed E-state index contributed by atoms with van der Waals surface area (Å²) in [6.07, 6.45) is 12.4. The largest absolute Gasteiger partial charge is 0.392 e. The maximum atomic E-state index is 13.0. The molecule has 0 aromatic carbocycles. The first kappa shape index (κ1) is 15.0. The van der Waals surface area contributed by atoms with Crippen LogP contribution in [-0.2, 0) is 4.79 Å². The first-order valence-corrected chi connectivity index (χ1v) is 9.69. The van der Waals surface area contributed by atoms with Crippen LogP contribution >= 0.6 is 0 Å². The molecular weight excluding hydrogens is 274 g/mol. The monoisotopic (exact) mass is 305 g/mol. The van der Waals surface area contributed by atoms with E-state index in [0.717, 1.165) is 50.6 Å². The Morgan fingerprint density at radius 1 is 0.773 bits per heavy atom. The number of aliphatic hydroxyl groups is 1. The zero-order valence-electron chi connectivity index (χ0n) is 13.8. The molecular formula is C19H31NO2. The Morgan fingerprint density at radius 3 is 2.14 bits per heavy atom. The van der Waals surface area contributed by atoms with Crippen molar-refractivity contribution >= 4 is 5.91 Å². The number of rotatable bonds is 1. The summed E-state index contributed by atoms with van der Waals surface area (Å²) >= 11 is 0. The highest BCUT2D eigenvalue weighted by Gasteiger charge is 2.42. The molecule has 22 heavy (non-hydrogen) atoms. The number of amides is 1. The molecule has 3 aliphatic carbocycles. The number of aliphatic hydroxyl groups excluding tert-OH is 1. The van der Waals surface area contributed by atoms with Gasteiger partial charge in [0.25, 0.3) is 0 Å². The quantitative estimate of drug-likeness (QED) is 0.808. The van der Waals surface area contributed by atoms with Gasteiger partial charge in [0.15, 0.2) is 0 Å². The van der Waals surface area contributed by atoms with Crippen molar-refractivity contribution in [3.05, 3.63) is 0 Å². The predicted octanol–water partition coefficient (Wildman–Crippen LogP) is 3.21. The summed E-state index contributed by atoms with van der Waals surface area (Å²) in [5.74, 6) is 3.15. The van der Waals surface area contributed by atoms with Gasteiger partial charge >= 0.3 is 0 Å². The van der Waals surface area contributed by atoms with E-state index in [2.05, 4.69) is 4.90 Å². The summed E-state index contributed by atoms with van der Waals surface area (Å²) in [7, 11) is 0. The Kier molecular flexibility index (Phi) is 4.19. The van der Waals surface area contributed by atoms with Gasteiger partial charge in [0.1, 0.15) is 0 Å². The van der Waals surface area contributed by atoms with E-state index in [9.17, 15) is 9.90 Å². The van der Waals surface area contributed by atoms with Gasteiger partial charge in [0, 0.05) is 30.8 Å². The van der Waals surface area contributed by atoms with E-state index in [1.165, 1.54) is 38.5 Å². The summed E-state index contributed by atoms with van der Waals surface area (Å²) in [6.45, 7) is 1.64. The van der Waals surface area contributed by atoms with Crippen molar-refractivity contribution in [2.75, 3.05) is 13.1 Å². The molecule has 1 aliphatic heterocycles. The first-order chi connectivity index (χ1) is 10.7. The maximum Gasteiger partial charge on any atom is 0.225 e. The third kappa shape index (κ3) is 2.70. The van der Waals surface area contributed by atoms with Gasteiger partial charge in [-0.25, -0.2) is 0 Å². The summed E-state index contributed by atoms with van der Waals surface area (Å²) in [6, 6.07) is 0. The Morgan fingerprint density at radius 2 is 1.41 bits per heavy atom. The number of fused-ring (bicyclic) bond motifs is 3. The molecule has 0 radical (unpaired) electrons. The van der Waals surface area contributed by atoms with Crippen LogP contribution in [0.25, 0.3) is 0 Å². The molecule has 3 heteroatoms. The number of hydrogen-bond donors (Lipinski definition) is 1. The van der Waals surface area contributed by atoms with E-state index in [4.69, 9.17) is 0 Å². The molecule has 6 atom stereocenters. The molecule has 4 aliphatic rings. The van der Waals surface area contributed by atoms with Gasteiger partial charge in [0.2, 0.25) is 5.91 Å². The summed E-state index contributed by atoms with van der Waals surface area (Å²) in [4.78, 5) is 15.1. The van der Waals surface area contributed by atoms with E-state index in [0.29, 0.717) is 17.7 Å². The molecule has 1 saturated heterocycles. The van der Waals surface area contributed by atoms with E-state index in [-0.39, 0.29) is 12.0 Å². The fourth-order valence-electron chi connectivity index (χ4n) is 5.94. The van der Waals surface area contributed by atoms with Gasteiger partial charge < -0.3 is 10.0 Å². The molecule has 2 bridgehead atoms. The van der Waals surface area contributed by atoms with Crippen molar-refractivity contribution in [2.45, 2.75) is 70.3 Å². The zero-order chi connectivity index (χ0) is 15.1. The Labute approximate surface area is 134 Å². The number of likely N-dealkylation sites (tertiary alicyclic amines) is 1. The molecule has 1 N–H and O–H groups in total. The smallest absolute Gasteiger partial charge is 0.225 e. The summed E-state index contributed by atoms with van der Waals surface area (Å²) < 4.78 is 0.